The normalized spacial score (nSPS) is 17.6. The topological polar surface area (TPSA) is 64.4 Å². The van der Waals surface area contributed by atoms with E-state index < -0.39 is 6.04 Å². The van der Waals surface area contributed by atoms with Gasteiger partial charge in [-0.25, -0.2) is 0 Å². The van der Waals surface area contributed by atoms with Crippen molar-refractivity contribution in [2.24, 2.45) is 5.73 Å². The molecule has 0 saturated carbocycles. The van der Waals surface area contributed by atoms with Gasteiger partial charge in [-0.3, -0.25) is 4.79 Å². The van der Waals surface area contributed by atoms with Crippen molar-refractivity contribution in [2.45, 2.75) is 37.6 Å². The molecular formula is C18H29ClN2O2S. The SMILES string of the molecule is CSCC[C@H](N)C(=O)NCC1(c2ccccc2C)CCOCC1.Cl. The average molecular weight is 373 g/mol. The minimum absolute atomic E-state index is 0. The zero-order chi connectivity index (χ0) is 16.7. The molecule has 1 fully saturated rings. The van der Waals surface area contributed by atoms with Crippen LogP contribution in [-0.4, -0.2) is 43.7 Å². The molecule has 1 saturated heterocycles. The van der Waals surface area contributed by atoms with Crippen molar-refractivity contribution < 1.29 is 9.53 Å². The number of amides is 1. The highest BCUT2D eigenvalue weighted by atomic mass is 35.5. The summed E-state index contributed by atoms with van der Waals surface area (Å²) >= 11 is 1.72. The third-order valence-electron chi connectivity index (χ3n) is 4.74. The van der Waals surface area contributed by atoms with Crippen LogP contribution in [0.1, 0.15) is 30.4 Å². The number of rotatable bonds is 7. The quantitative estimate of drug-likeness (QED) is 0.772. The molecule has 3 N–H and O–H groups in total. The van der Waals surface area contributed by atoms with Gasteiger partial charge >= 0.3 is 0 Å². The van der Waals surface area contributed by atoms with Gasteiger partial charge in [0.2, 0.25) is 5.91 Å². The number of nitrogens with one attached hydrogen (secondary N) is 1. The number of thioether (sulfide) groups is 1. The lowest BCUT2D eigenvalue weighted by molar-refractivity contribution is -0.122. The van der Waals surface area contributed by atoms with Gasteiger partial charge in [0, 0.05) is 25.2 Å². The average Bonchev–Trinajstić information content (AvgIpc) is 2.58. The molecule has 1 aromatic carbocycles. The first-order chi connectivity index (χ1) is 11.1. The second-order valence-corrected chi connectivity index (χ2v) is 7.30. The van der Waals surface area contributed by atoms with Gasteiger partial charge in [0.25, 0.3) is 0 Å². The first-order valence-electron chi connectivity index (χ1n) is 8.25. The van der Waals surface area contributed by atoms with E-state index >= 15 is 0 Å². The summed E-state index contributed by atoms with van der Waals surface area (Å²) in [6.45, 7) is 4.25. The van der Waals surface area contributed by atoms with Gasteiger partial charge in [-0.1, -0.05) is 24.3 Å². The van der Waals surface area contributed by atoms with Crippen LogP contribution in [0, 0.1) is 6.92 Å². The summed E-state index contributed by atoms with van der Waals surface area (Å²) in [5, 5.41) is 3.10. The maximum Gasteiger partial charge on any atom is 0.236 e. The zero-order valence-electron chi connectivity index (χ0n) is 14.5. The van der Waals surface area contributed by atoms with Crippen LogP contribution >= 0.6 is 24.2 Å². The van der Waals surface area contributed by atoms with E-state index in [0.29, 0.717) is 13.0 Å². The van der Waals surface area contributed by atoms with Crippen LogP contribution < -0.4 is 11.1 Å². The Kier molecular flexibility index (Phi) is 9.13. The second-order valence-electron chi connectivity index (χ2n) is 6.31. The third-order valence-corrected chi connectivity index (χ3v) is 5.38. The molecule has 4 nitrogen and oxygen atoms in total. The largest absolute Gasteiger partial charge is 0.381 e. The molecule has 0 bridgehead atoms. The van der Waals surface area contributed by atoms with Gasteiger partial charge in [0.15, 0.2) is 0 Å². The monoisotopic (exact) mass is 372 g/mol. The van der Waals surface area contributed by atoms with Crippen molar-refractivity contribution in [2.75, 3.05) is 31.8 Å². The lowest BCUT2D eigenvalue weighted by atomic mass is 9.72. The number of hydrogen-bond donors (Lipinski definition) is 2. The third kappa shape index (κ3) is 5.38. The van der Waals surface area contributed by atoms with Crippen molar-refractivity contribution in [3.63, 3.8) is 0 Å². The van der Waals surface area contributed by atoms with E-state index in [1.54, 1.807) is 11.8 Å². The number of hydrogen-bond acceptors (Lipinski definition) is 4. The molecule has 136 valence electrons. The van der Waals surface area contributed by atoms with Crippen LogP contribution in [0.5, 0.6) is 0 Å². The molecule has 1 atom stereocenters. The Morgan fingerprint density at radius 2 is 2.04 bits per heavy atom. The molecule has 1 aliphatic heterocycles. The molecular weight excluding hydrogens is 344 g/mol. The Morgan fingerprint density at radius 3 is 2.67 bits per heavy atom. The lowest BCUT2D eigenvalue weighted by Gasteiger charge is -2.39. The summed E-state index contributed by atoms with van der Waals surface area (Å²) in [6.07, 6.45) is 4.60. The number of benzene rings is 1. The van der Waals surface area contributed by atoms with Gasteiger partial charge in [0.05, 0.1) is 6.04 Å². The molecule has 2 rings (SSSR count). The minimum atomic E-state index is -0.420. The van der Waals surface area contributed by atoms with Crippen molar-refractivity contribution in [3.05, 3.63) is 35.4 Å². The van der Waals surface area contributed by atoms with Crippen LogP contribution in [-0.2, 0) is 14.9 Å². The van der Waals surface area contributed by atoms with Crippen LogP contribution in [0.2, 0.25) is 0 Å². The fraction of sp³-hybridized carbons (Fsp3) is 0.611. The molecule has 0 aromatic heterocycles. The Labute approximate surface area is 155 Å². The molecule has 6 heteroatoms. The molecule has 24 heavy (non-hydrogen) atoms. The number of nitrogens with two attached hydrogens (primary N) is 1. The summed E-state index contributed by atoms with van der Waals surface area (Å²) in [5.74, 6) is 0.865. The zero-order valence-corrected chi connectivity index (χ0v) is 16.2. The maximum absolute atomic E-state index is 12.3. The van der Waals surface area contributed by atoms with Crippen LogP contribution in [0.25, 0.3) is 0 Å². The van der Waals surface area contributed by atoms with Crippen LogP contribution in [0.3, 0.4) is 0 Å². The first kappa shape index (κ1) is 21.3. The molecule has 0 radical (unpaired) electrons. The summed E-state index contributed by atoms with van der Waals surface area (Å²) in [7, 11) is 0. The molecule has 1 heterocycles. The molecule has 0 unspecified atom stereocenters. The predicted octanol–water partition coefficient (Wildman–Crippen LogP) is 2.66. The number of carbonyl (C=O) groups excluding carboxylic acids is 1. The van der Waals surface area contributed by atoms with Gasteiger partial charge in [-0.05, 0) is 49.3 Å². The first-order valence-corrected chi connectivity index (χ1v) is 9.64. The van der Waals surface area contributed by atoms with E-state index in [2.05, 4.69) is 36.5 Å². The van der Waals surface area contributed by atoms with Gasteiger partial charge in [-0.15, -0.1) is 12.4 Å². The lowest BCUT2D eigenvalue weighted by Crippen LogP contribution is -2.49. The number of halogens is 1. The Bertz CT molecular complexity index is 521. The molecule has 1 amide bonds. The van der Waals surface area contributed by atoms with Gasteiger partial charge in [0.1, 0.15) is 0 Å². The minimum Gasteiger partial charge on any atom is -0.381 e. The molecule has 1 aromatic rings. The Balaban J connectivity index is 0.00000288. The van der Waals surface area contributed by atoms with Crippen molar-refractivity contribution in [1.29, 1.82) is 0 Å². The molecule has 1 aliphatic rings. The molecule has 0 spiro atoms. The molecule has 0 aliphatic carbocycles. The standard InChI is InChI=1S/C18H28N2O2S.ClH/c1-14-5-3-4-6-15(14)18(8-10-22-11-9-18)13-20-17(21)16(19)7-12-23-2;/h3-6,16H,7-13,19H2,1-2H3,(H,20,21);1H/t16-;/m0./s1. The Hall–Kier alpha value is -0.750. The van der Waals surface area contributed by atoms with E-state index in [1.807, 2.05) is 6.26 Å². The number of aryl methyl sites for hydroxylation is 1. The summed E-state index contributed by atoms with van der Waals surface area (Å²) < 4.78 is 5.55. The highest BCUT2D eigenvalue weighted by molar-refractivity contribution is 7.98. The van der Waals surface area contributed by atoms with Crippen molar-refractivity contribution in [1.82, 2.24) is 5.32 Å². The van der Waals surface area contributed by atoms with E-state index in [9.17, 15) is 4.79 Å². The van der Waals surface area contributed by atoms with Crippen molar-refractivity contribution >= 4 is 30.1 Å². The predicted molar refractivity (Wildman–Crippen MR) is 104 cm³/mol. The van der Waals surface area contributed by atoms with E-state index in [1.165, 1.54) is 11.1 Å². The van der Waals surface area contributed by atoms with Gasteiger partial charge in [-0.2, -0.15) is 11.8 Å². The summed E-state index contributed by atoms with van der Waals surface area (Å²) in [4.78, 5) is 12.3. The number of ether oxygens (including phenoxy) is 1. The van der Waals surface area contributed by atoms with Gasteiger partial charge < -0.3 is 15.8 Å². The second kappa shape index (κ2) is 10.3. The van der Waals surface area contributed by atoms with E-state index in [0.717, 1.165) is 31.8 Å². The summed E-state index contributed by atoms with van der Waals surface area (Å²) in [5.41, 5.74) is 8.53. The van der Waals surface area contributed by atoms with E-state index in [-0.39, 0.29) is 23.7 Å². The van der Waals surface area contributed by atoms with E-state index in [4.69, 9.17) is 10.5 Å². The van der Waals surface area contributed by atoms with Crippen LogP contribution in [0.15, 0.2) is 24.3 Å². The van der Waals surface area contributed by atoms with Crippen LogP contribution in [0.4, 0.5) is 0 Å². The number of carbonyl (C=O) groups is 1. The fourth-order valence-electron chi connectivity index (χ4n) is 3.23. The highest BCUT2D eigenvalue weighted by Crippen LogP contribution is 2.36. The van der Waals surface area contributed by atoms with Crippen molar-refractivity contribution in [3.8, 4) is 0 Å². The maximum atomic E-state index is 12.3. The smallest absolute Gasteiger partial charge is 0.236 e. The Morgan fingerprint density at radius 1 is 1.38 bits per heavy atom. The fourth-order valence-corrected chi connectivity index (χ4v) is 3.72. The highest BCUT2D eigenvalue weighted by Gasteiger charge is 2.36. The summed E-state index contributed by atoms with van der Waals surface area (Å²) in [6, 6.07) is 8.03.